The number of hydrogen-bond acceptors (Lipinski definition) is 7. The molecule has 2 aromatic carbocycles. The Balaban J connectivity index is 1.62. The summed E-state index contributed by atoms with van der Waals surface area (Å²) in [7, 11) is 0. The second-order valence-electron chi connectivity index (χ2n) is 8.61. The Morgan fingerprint density at radius 3 is 2.22 bits per heavy atom. The van der Waals surface area contributed by atoms with E-state index in [0.717, 1.165) is 47.5 Å². The molecule has 0 aliphatic carbocycles. The average Bonchev–Trinajstić information content (AvgIpc) is 3.56. The predicted molar refractivity (Wildman–Crippen MR) is 138 cm³/mol. The standard InChI is InChI=1S/C27H35N7O2/c1-5-17-27(35-7-3,36-8-4)26-28-24(34(31-26)18-6-2)19-20-13-15-21(16-14-20)22-11-9-10-12-23(22)25-29-32-33-30-25/h9-16H,5-8,17-19H2,1-4H3,(H,29,30,32,33). The van der Waals surface area contributed by atoms with Crippen LogP contribution in [0.3, 0.4) is 0 Å². The smallest absolute Gasteiger partial charge is 0.232 e. The summed E-state index contributed by atoms with van der Waals surface area (Å²) in [6.07, 6.45) is 3.25. The predicted octanol–water partition coefficient (Wildman–Crippen LogP) is 5.15. The van der Waals surface area contributed by atoms with Crippen LogP contribution >= 0.6 is 0 Å². The summed E-state index contributed by atoms with van der Waals surface area (Å²) in [5.41, 5.74) is 4.28. The Labute approximate surface area is 212 Å². The fraction of sp³-hybridized carbons (Fsp3) is 0.444. The normalized spacial score (nSPS) is 11.8. The largest absolute Gasteiger partial charge is 0.344 e. The zero-order valence-corrected chi connectivity index (χ0v) is 21.6. The van der Waals surface area contributed by atoms with E-state index < -0.39 is 5.79 Å². The lowest BCUT2D eigenvalue weighted by Crippen LogP contribution is -2.35. The summed E-state index contributed by atoms with van der Waals surface area (Å²) in [5.74, 6) is 1.26. The molecule has 0 saturated heterocycles. The number of tetrazole rings is 1. The second-order valence-corrected chi connectivity index (χ2v) is 8.61. The van der Waals surface area contributed by atoms with E-state index in [1.807, 2.05) is 36.7 Å². The molecule has 0 amide bonds. The molecule has 0 unspecified atom stereocenters. The van der Waals surface area contributed by atoms with Crippen molar-refractivity contribution in [2.24, 2.45) is 0 Å². The van der Waals surface area contributed by atoms with Crippen LogP contribution in [0.4, 0.5) is 0 Å². The van der Waals surface area contributed by atoms with Crippen molar-refractivity contribution in [3.63, 3.8) is 0 Å². The van der Waals surface area contributed by atoms with Crippen LogP contribution in [-0.4, -0.2) is 48.6 Å². The summed E-state index contributed by atoms with van der Waals surface area (Å²) in [6.45, 7) is 10.1. The maximum absolute atomic E-state index is 6.12. The van der Waals surface area contributed by atoms with Crippen molar-refractivity contribution in [1.82, 2.24) is 35.4 Å². The van der Waals surface area contributed by atoms with Crippen LogP contribution in [0, 0.1) is 0 Å². The van der Waals surface area contributed by atoms with E-state index in [0.29, 0.717) is 37.7 Å². The molecule has 0 aliphatic rings. The number of H-pyrrole nitrogens is 1. The van der Waals surface area contributed by atoms with E-state index in [9.17, 15) is 0 Å². The van der Waals surface area contributed by atoms with Gasteiger partial charge in [0.05, 0.1) is 0 Å². The zero-order chi connectivity index (χ0) is 25.4. The van der Waals surface area contributed by atoms with E-state index in [4.69, 9.17) is 19.6 Å². The van der Waals surface area contributed by atoms with Crippen molar-refractivity contribution >= 4 is 0 Å². The summed E-state index contributed by atoms with van der Waals surface area (Å²) >= 11 is 0. The lowest BCUT2D eigenvalue weighted by Gasteiger charge is -2.30. The number of aromatic nitrogens is 7. The van der Waals surface area contributed by atoms with Gasteiger partial charge in [-0.05, 0) is 47.4 Å². The van der Waals surface area contributed by atoms with Crippen molar-refractivity contribution in [3.05, 3.63) is 65.7 Å². The Morgan fingerprint density at radius 2 is 1.61 bits per heavy atom. The molecule has 1 N–H and O–H groups in total. The maximum atomic E-state index is 6.12. The minimum Gasteiger partial charge on any atom is -0.344 e. The summed E-state index contributed by atoms with van der Waals surface area (Å²) < 4.78 is 14.2. The van der Waals surface area contributed by atoms with Crippen molar-refractivity contribution in [2.75, 3.05) is 13.2 Å². The molecule has 0 aliphatic heterocycles. The molecule has 4 rings (SSSR count). The van der Waals surface area contributed by atoms with E-state index in [2.05, 4.69) is 64.8 Å². The molecule has 36 heavy (non-hydrogen) atoms. The SMILES string of the molecule is CCCn1nc(C(CCC)(OCC)OCC)nc1Cc1ccc(-c2ccccc2-c2nnn[nH]2)cc1. The first-order chi connectivity index (χ1) is 17.6. The van der Waals surface area contributed by atoms with Crippen LogP contribution in [0.1, 0.15) is 64.2 Å². The van der Waals surface area contributed by atoms with Crippen LogP contribution in [-0.2, 0) is 28.2 Å². The number of nitrogens with one attached hydrogen (secondary N) is 1. The molecule has 0 radical (unpaired) electrons. The van der Waals surface area contributed by atoms with Gasteiger partial charge in [0.25, 0.3) is 0 Å². The van der Waals surface area contributed by atoms with Crippen LogP contribution < -0.4 is 0 Å². The molecule has 190 valence electrons. The molecule has 0 fully saturated rings. The molecule has 0 spiro atoms. The van der Waals surface area contributed by atoms with Gasteiger partial charge in [-0.25, -0.2) is 14.8 Å². The third kappa shape index (κ3) is 5.52. The fourth-order valence-electron chi connectivity index (χ4n) is 4.48. The Bertz CT molecular complexity index is 1200. The second kappa shape index (κ2) is 12.0. The van der Waals surface area contributed by atoms with Crippen LogP contribution in [0.5, 0.6) is 0 Å². The number of rotatable bonds is 13. The molecule has 0 bridgehead atoms. The first-order valence-corrected chi connectivity index (χ1v) is 12.8. The van der Waals surface area contributed by atoms with Gasteiger partial charge in [0, 0.05) is 38.2 Å². The van der Waals surface area contributed by atoms with Gasteiger partial charge in [0.15, 0.2) is 5.82 Å². The number of aromatic amines is 1. The van der Waals surface area contributed by atoms with Crippen LogP contribution in [0.2, 0.25) is 0 Å². The molecule has 9 heteroatoms. The molecule has 0 saturated carbocycles. The number of nitrogens with zero attached hydrogens (tertiary/aromatic N) is 6. The maximum Gasteiger partial charge on any atom is 0.232 e. The molecule has 2 heterocycles. The molecule has 0 atom stereocenters. The van der Waals surface area contributed by atoms with E-state index in [-0.39, 0.29) is 0 Å². The monoisotopic (exact) mass is 489 g/mol. The van der Waals surface area contributed by atoms with Crippen molar-refractivity contribution in [2.45, 2.75) is 65.7 Å². The molecular formula is C27H35N7O2. The van der Waals surface area contributed by atoms with Crippen molar-refractivity contribution in [3.8, 4) is 22.5 Å². The van der Waals surface area contributed by atoms with Gasteiger partial charge >= 0.3 is 0 Å². The minimum absolute atomic E-state index is 0.532. The number of ether oxygens (including phenoxy) is 2. The number of benzene rings is 2. The van der Waals surface area contributed by atoms with Crippen LogP contribution in [0.25, 0.3) is 22.5 Å². The number of hydrogen-bond donors (Lipinski definition) is 1. The van der Waals surface area contributed by atoms with Crippen LogP contribution in [0.15, 0.2) is 48.5 Å². The lowest BCUT2D eigenvalue weighted by atomic mass is 9.98. The highest BCUT2D eigenvalue weighted by molar-refractivity contribution is 5.80. The minimum atomic E-state index is -0.908. The first kappa shape index (κ1) is 25.7. The van der Waals surface area contributed by atoms with Gasteiger partial charge in [-0.1, -0.05) is 68.8 Å². The van der Waals surface area contributed by atoms with Gasteiger partial charge in [-0.15, -0.1) is 5.10 Å². The Kier molecular flexibility index (Phi) is 8.56. The third-order valence-corrected chi connectivity index (χ3v) is 6.01. The highest BCUT2D eigenvalue weighted by Crippen LogP contribution is 2.32. The summed E-state index contributed by atoms with van der Waals surface area (Å²) in [4.78, 5) is 4.96. The van der Waals surface area contributed by atoms with E-state index in [1.54, 1.807) is 0 Å². The summed E-state index contributed by atoms with van der Waals surface area (Å²) in [6, 6.07) is 16.6. The van der Waals surface area contributed by atoms with Gasteiger partial charge in [0.2, 0.25) is 11.6 Å². The average molecular weight is 490 g/mol. The summed E-state index contributed by atoms with van der Waals surface area (Å²) in [5, 5.41) is 19.2. The highest BCUT2D eigenvalue weighted by Gasteiger charge is 2.38. The van der Waals surface area contributed by atoms with E-state index in [1.165, 1.54) is 0 Å². The lowest BCUT2D eigenvalue weighted by molar-refractivity contribution is -0.251. The van der Waals surface area contributed by atoms with Gasteiger partial charge in [0.1, 0.15) is 5.82 Å². The number of aryl methyl sites for hydroxylation is 1. The van der Waals surface area contributed by atoms with Crippen molar-refractivity contribution < 1.29 is 9.47 Å². The first-order valence-electron chi connectivity index (χ1n) is 12.8. The topological polar surface area (TPSA) is 104 Å². The van der Waals surface area contributed by atoms with Gasteiger partial charge < -0.3 is 9.47 Å². The molecule has 2 aromatic heterocycles. The Morgan fingerprint density at radius 1 is 0.889 bits per heavy atom. The quantitative estimate of drug-likeness (QED) is 0.259. The molecule has 9 nitrogen and oxygen atoms in total. The fourth-order valence-corrected chi connectivity index (χ4v) is 4.48. The molecular weight excluding hydrogens is 454 g/mol. The third-order valence-electron chi connectivity index (χ3n) is 6.01. The van der Waals surface area contributed by atoms with E-state index >= 15 is 0 Å². The Hall–Kier alpha value is -3.43. The van der Waals surface area contributed by atoms with Gasteiger partial charge in [-0.2, -0.15) is 5.10 Å². The van der Waals surface area contributed by atoms with Crippen molar-refractivity contribution in [1.29, 1.82) is 0 Å². The van der Waals surface area contributed by atoms with Gasteiger partial charge in [-0.3, -0.25) is 0 Å². The molecule has 4 aromatic rings. The zero-order valence-electron chi connectivity index (χ0n) is 21.6. The highest BCUT2D eigenvalue weighted by atomic mass is 16.7.